The summed E-state index contributed by atoms with van der Waals surface area (Å²) in [6.07, 6.45) is -0.635. The third-order valence-corrected chi connectivity index (χ3v) is 8.79. The first-order valence-corrected chi connectivity index (χ1v) is 16.9. The second-order valence-corrected chi connectivity index (χ2v) is 12.2. The van der Waals surface area contributed by atoms with Crippen molar-refractivity contribution in [3.8, 4) is 5.75 Å². The third-order valence-electron chi connectivity index (χ3n) is 7.76. The van der Waals surface area contributed by atoms with E-state index in [4.69, 9.17) is 19.6 Å². The molecule has 0 aliphatic carbocycles. The number of aliphatic imine (C=N–C) groups is 1. The van der Waals surface area contributed by atoms with Gasteiger partial charge in [0.15, 0.2) is 11.6 Å². The summed E-state index contributed by atoms with van der Waals surface area (Å²) in [6, 6.07) is 27.0. The van der Waals surface area contributed by atoms with E-state index < -0.39 is 17.6 Å². The number of benzene rings is 4. The zero-order valence-corrected chi connectivity index (χ0v) is 27.7. The second-order valence-electron chi connectivity index (χ2n) is 11.1. The highest BCUT2D eigenvalue weighted by molar-refractivity contribution is 7.98. The van der Waals surface area contributed by atoms with Crippen LogP contribution < -0.4 is 15.6 Å². The van der Waals surface area contributed by atoms with Gasteiger partial charge in [0.25, 0.3) is 5.91 Å². The molecule has 1 heterocycles. The van der Waals surface area contributed by atoms with Crippen molar-refractivity contribution in [3.05, 3.63) is 146 Å². The average molecular weight is 696 g/mol. The largest absolute Gasteiger partial charge is 0.494 e. The SMILES string of the molecule is [N-]=[N+]=Nc1ccccc1C[C@]1(C(=O)NNCCSCc2ccc(F)cc2)N=C(c2ccc(OCCCO)cc2)O[C@H]1c1ccccc1N=[N+]=[N-]. The highest BCUT2D eigenvalue weighted by Gasteiger charge is 2.54. The fraction of sp³-hybridized carbons (Fsp3) is 0.257. The number of azide groups is 2. The lowest BCUT2D eigenvalue weighted by atomic mass is 9.81. The fourth-order valence-corrected chi connectivity index (χ4v) is 6.17. The summed E-state index contributed by atoms with van der Waals surface area (Å²) >= 11 is 1.61. The second kappa shape index (κ2) is 17.7. The van der Waals surface area contributed by atoms with Crippen LogP contribution in [0.15, 0.2) is 112 Å². The maximum absolute atomic E-state index is 14.5. The molecule has 0 radical (unpaired) electrons. The number of hydrazine groups is 1. The number of hydrogen-bond acceptors (Lipinski definition) is 9. The van der Waals surface area contributed by atoms with Gasteiger partial charge in [-0.05, 0) is 58.6 Å². The number of hydrogen-bond donors (Lipinski definition) is 3. The molecule has 15 heteroatoms. The quantitative estimate of drug-likeness (QED) is 0.0336. The van der Waals surface area contributed by atoms with Gasteiger partial charge in [-0.3, -0.25) is 10.2 Å². The highest BCUT2D eigenvalue weighted by atomic mass is 32.2. The van der Waals surface area contributed by atoms with Crippen LogP contribution in [0.2, 0.25) is 0 Å². The molecule has 0 fully saturated rings. The average Bonchev–Trinajstić information content (AvgIpc) is 3.52. The molecule has 4 aromatic carbocycles. The number of amides is 1. The van der Waals surface area contributed by atoms with Crippen molar-refractivity contribution in [1.29, 1.82) is 0 Å². The predicted octanol–water partition coefficient (Wildman–Crippen LogP) is 7.52. The molecule has 3 N–H and O–H groups in total. The smallest absolute Gasteiger partial charge is 0.266 e. The Kier molecular flexibility index (Phi) is 12.7. The van der Waals surface area contributed by atoms with E-state index in [0.29, 0.717) is 59.2 Å². The standard InChI is InChI=1S/C35H34FN9O4S/c36-27-14-10-24(11-15-27)23-50-21-18-39-43-34(47)35(22-26-6-1-3-8-30(26)41-44-37)32(29-7-2-4-9-31(29)42-45-38)49-33(40-35)25-12-16-28(17-13-25)48-20-5-19-46/h1-4,6-17,32,39,46H,5,18-23H2,(H,43,47)/t32-,35-/m0/s1. The molecule has 1 amide bonds. The summed E-state index contributed by atoms with van der Waals surface area (Å²) in [5, 5.41) is 16.8. The topological polar surface area (TPSA) is 190 Å². The van der Waals surface area contributed by atoms with Gasteiger partial charge in [0, 0.05) is 69.8 Å². The van der Waals surface area contributed by atoms with Crippen molar-refractivity contribution < 1.29 is 23.8 Å². The van der Waals surface area contributed by atoms with Crippen molar-refractivity contribution >= 4 is 34.9 Å². The van der Waals surface area contributed by atoms with E-state index in [0.717, 1.165) is 5.56 Å². The van der Waals surface area contributed by atoms with Gasteiger partial charge in [-0.1, -0.05) is 70.9 Å². The van der Waals surface area contributed by atoms with Crippen LogP contribution in [0.25, 0.3) is 20.9 Å². The Morgan fingerprint density at radius 1 is 0.980 bits per heavy atom. The van der Waals surface area contributed by atoms with Crippen LogP contribution in [0.4, 0.5) is 15.8 Å². The normalized spacial score (nSPS) is 16.4. The minimum atomic E-state index is -1.68. The number of nitrogens with zero attached hydrogens (tertiary/aromatic N) is 7. The molecular weight excluding hydrogens is 662 g/mol. The minimum absolute atomic E-state index is 0.0120. The lowest BCUT2D eigenvalue weighted by Gasteiger charge is -2.31. The van der Waals surface area contributed by atoms with E-state index in [1.54, 1.807) is 96.7 Å². The molecule has 0 spiro atoms. The summed E-state index contributed by atoms with van der Waals surface area (Å²) in [5.74, 6) is 1.23. The van der Waals surface area contributed by atoms with Crippen LogP contribution in [0.1, 0.15) is 34.8 Å². The summed E-state index contributed by atoms with van der Waals surface area (Å²) in [7, 11) is 0. The maximum Gasteiger partial charge on any atom is 0.266 e. The molecule has 4 aromatic rings. The van der Waals surface area contributed by atoms with Gasteiger partial charge in [-0.15, -0.1) is 0 Å². The molecule has 256 valence electrons. The predicted molar refractivity (Wildman–Crippen MR) is 190 cm³/mol. The highest BCUT2D eigenvalue weighted by Crippen LogP contribution is 2.46. The van der Waals surface area contributed by atoms with Crippen LogP contribution in [-0.4, -0.2) is 48.0 Å². The molecule has 0 saturated heterocycles. The Labute approximate surface area is 291 Å². The van der Waals surface area contributed by atoms with Gasteiger partial charge < -0.3 is 14.6 Å². The molecule has 2 atom stereocenters. The molecule has 50 heavy (non-hydrogen) atoms. The number of thioether (sulfide) groups is 1. The van der Waals surface area contributed by atoms with Crippen LogP contribution in [-0.2, 0) is 21.7 Å². The Morgan fingerprint density at radius 2 is 1.68 bits per heavy atom. The van der Waals surface area contributed by atoms with Crippen molar-refractivity contribution in [2.45, 2.75) is 30.2 Å². The molecule has 0 unspecified atom stereocenters. The van der Waals surface area contributed by atoms with Crippen molar-refractivity contribution in [2.24, 2.45) is 15.2 Å². The number of carbonyl (C=O) groups is 1. The van der Waals surface area contributed by atoms with Crippen molar-refractivity contribution in [3.63, 3.8) is 0 Å². The summed E-state index contributed by atoms with van der Waals surface area (Å²) in [4.78, 5) is 25.4. The van der Waals surface area contributed by atoms with Gasteiger partial charge >= 0.3 is 0 Å². The Morgan fingerprint density at radius 3 is 2.42 bits per heavy atom. The van der Waals surface area contributed by atoms with E-state index in [1.807, 2.05) is 0 Å². The molecule has 0 saturated carbocycles. The first kappa shape index (κ1) is 35.7. The third kappa shape index (κ3) is 8.91. The lowest BCUT2D eigenvalue weighted by molar-refractivity contribution is -0.129. The summed E-state index contributed by atoms with van der Waals surface area (Å²) < 4.78 is 25.5. The number of halogens is 1. The van der Waals surface area contributed by atoms with E-state index in [-0.39, 0.29) is 30.4 Å². The Balaban J connectivity index is 1.49. The van der Waals surface area contributed by atoms with E-state index in [1.165, 1.54) is 12.1 Å². The lowest BCUT2D eigenvalue weighted by Crippen LogP contribution is -2.54. The first-order valence-electron chi connectivity index (χ1n) is 15.7. The fourth-order valence-electron chi connectivity index (χ4n) is 5.35. The Bertz CT molecular complexity index is 1900. The molecule has 13 nitrogen and oxygen atoms in total. The molecule has 5 rings (SSSR count). The van der Waals surface area contributed by atoms with Gasteiger partial charge in [0.1, 0.15) is 11.6 Å². The molecular formula is C35H34FN9O4S. The number of rotatable bonds is 17. The van der Waals surface area contributed by atoms with Gasteiger partial charge in [-0.25, -0.2) is 14.8 Å². The van der Waals surface area contributed by atoms with Crippen molar-refractivity contribution in [2.75, 3.05) is 25.5 Å². The minimum Gasteiger partial charge on any atom is -0.494 e. The molecule has 0 bridgehead atoms. The van der Waals surface area contributed by atoms with Gasteiger partial charge in [-0.2, -0.15) is 11.8 Å². The molecule has 1 aliphatic rings. The van der Waals surface area contributed by atoms with Gasteiger partial charge in [0.05, 0.1) is 6.61 Å². The van der Waals surface area contributed by atoms with E-state index in [2.05, 4.69) is 30.9 Å². The zero-order chi connectivity index (χ0) is 35.2. The first-order chi connectivity index (χ1) is 24.5. The maximum atomic E-state index is 14.5. The molecule has 0 aromatic heterocycles. The van der Waals surface area contributed by atoms with Crippen LogP contribution >= 0.6 is 11.8 Å². The van der Waals surface area contributed by atoms with E-state index >= 15 is 0 Å². The number of aliphatic hydroxyl groups is 1. The zero-order valence-electron chi connectivity index (χ0n) is 26.9. The van der Waals surface area contributed by atoms with Crippen molar-refractivity contribution in [1.82, 2.24) is 10.9 Å². The summed E-state index contributed by atoms with van der Waals surface area (Å²) in [6.45, 7) is 0.757. The van der Waals surface area contributed by atoms with Gasteiger partial charge in [0.2, 0.25) is 5.90 Å². The van der Waals surface area contributed by atoms with Crippen LogP contribution in [0, 0.1) is 5.82 Å². The number of nitrogens with one attached hydrogen (secondary N) is 2. The number of ether oxygens (including phenoxy) is 2. The number of aliphatic hydroxyl groups excluding tert-OH is 1. The summed E-state index contributed by atoms with van der Waals surface area (Å²) in [5.41, 5.74) is 25.9. The molecule has 1 aliphatic heterocycles. The number of carbonyl (C=O) groups excluding carboxylic acids is 1. The van der Waals surface area contributed by atoms with E-state index in [9.17, 15) is 20.2 Å². The van der Waals surface area contributed by atoms with Crippen LogP contribution in [0.3, 0.4) is 0 Å². The Hall–Kier alpha value is -5.56. The monoisotopic (exact) mass is 695 g/mol. The van der Waals surface area contributed by atoms with Crippen LogP contribution in [0.5, 0.6) is 5.75 Å².